The number of benzene rings is 2. The molecule has 23 heavy (non-hydrogen) atoms. The molecule has 0 aliphatic carbocycles. The number of rotatable bonds is 6. The van der Waals surface area contributed by atoms with E-state index in [1.54, 1.807) is 0 Å². The van der Waals surface area contributed by atoms with Crippen LogP contribution in [0.3, 0.4) is 0 Å². The number of methoxy groups -OCH3 is 1. The number of hydrogen-bond acceptors (Lipinski definition) is 3. The van der Waals surface area contributed by atoms with Crippen molar-refractivity contribution in [2.24, 2.45) is 0 Å². The summed E-state index contributed by atoms with van der Waals surface area (Å²) >= 11 is 0. The van der Waals surface area contributed by atoms with Crippen molar-refractivity contribution in [2.75, 3.05) is 7.11 Å². The van der Waals surface area contributed by atoms with Gasteiger partial charge in [-0.1, -0.05) is 12.1 Å². The second-order valence-corrected chi connectivity index (χ2v) is 5.34. The number of ether oxygens (including phenoxy) is 2. The Kier molecular flexibility index (Phi) is 5.57. The van der Waals surface area contributed by atoms with E-state index in [1.807, 2.05) is 38.1 Å². The molecule has 0 aromatic heterocycles. The summed E-state index contributed by atoms with van der Waals surface area (Å²) in [6.45, 7) is 4.28. The molecule has 4 nitrogen and oxygen atoms in total. The predicted molar refractivity (Wildman–Crippen MR) is 86.3 cm³/mol. The van der Waals surface area contributed by atoms with E-state index < -0.39 is 5.82 Å². The van der Waals surface area contributed by atoms with Gasteiger partial charge in [-0.25, -0.2) is 4.39 Å². The summed E-state index contributed by atoms with van der Waals surface area (Å²) in [6.07, 6.45) is 0.116. The Morgan fingerprint density at radius 1 is 1.17 bits per heavy atom. The maximum absolute atomic E-state index is 13.6. The van der Waals surface area contributed by atoms with Gasteiger partial charge in [0, 0.05) is 12.1 Å². The Labute approximate surface area is 135 Å². The smallest absolute Gasteiger partial charge is 0.251 e. The maximum Gasteiger partial charge on any atom is 0.251 e. The van der Waals surface area contributed by atoms with E-state index in [0.29, 0.717) is 6.54 Å². The fraction of sp³-hybridized carbons (Fsp3) is 0.278. The van der Waals surface area contributed by atoms with Gasteiger partial charge in [-0.05, 0) is 49.7 Å². The molecule has 0 bridgehead atoms. The van der Waals surface area contributed by atoms with Gasteiger partial charge in [-0.3, -0.25) is 4.79 Å². The lowest BCUT2D eigenvalue weighted by molar-refractivity contribution is 0.0950. The summed E-state index contributed by atoms with van der Waals surface area (Å²) in [4.78, 5) is 12.0. The second-order valence-electron chi connectivity index (χ2n) is 5.34. The van der Waals surface area contributed by atoms with Gasteiger partial charge >= 0.3 is 0 Å². The molecule has 2 aromatic rings. The van der Waals surface area contributed by atoms with Crippen molar-refractivity contribution in [3.8, 4) is 11.5 Å². The molecule has 5 heteroatoms. The van der Waals surface area contributed by atoms with Crippen LogP contribution in [0.5, 0.6) is 11.5 Å². The SMILES string of the molecule is COc1ccc(C(=O)NCc2ccc(OC(C)C)cc2)cc1F. The lowest BCUT2D eigenvalue weighted by Crippen LogP contribution is -2.22. The van der Waals surface area contributed by atoms with Crippen LogP contribution in [0.1, 0.15) is 29.8 Å². The van der Waals surface area contributed by atoms with Crippen molar-refractivity contribution in [3.63, 3.8) is 0 Å². The molecule has 0 aliphatic heterocycles. The third-order valence-electron chi connectivity index (χ3n) is 3.16. The molecule has 1 amide bonds. The van der Waals surface area contributed by atoms with Gasteiger partial charge in [0.05, 0.1) is 13.2 Å². The number of hydrogen-bond donors (Lipinski definition) is 1. The van der Waals surface area contributed by atoms with E-state index >= 15 is 0 Å². The zero-order valence-electron chi connectivity index (χ0n) is 13.4. The predicted octanol–water partition coefficient (Wildman–Crippen LogP) is 3.55. The van der Waals surface area contributed by atoms with E-state index in [9.17, 15) is 9.18 Å². The van der Waals surface area contributed by atoms with Crippen molar-refractivity contribution < 1.29 is 18.7 Å². The molecule has 2 aromatic carbocycles. The van der Waals surface area contributed by atoms with Gasteiger partial charge in [0.2, 0.25) is 0 Å². The van der Waals surface area contributed by atoms with Gasteiger partial charge < -0.3 is 14.8 Å². The number of carbonyl (C=O) groups is 1. The molecule has 0 saturated carbocycles. The summed E-state index contributed by atoms with van der Waals surface area (Å²) in [5, 5.41) is 2.75. The van der Waals surface area contributed by atoms with Crippen LogP contribution in [-0.4, -0.2) is 19.1 Å². The minimum absolute atomic E-state index is 0.113. The van der Waals surface area contributed by atoms with E-state index in [1.165, 1.54) is 19.2 Å². The Morgan fingerprint density at radius 3 is 2.43 bits per heavy atom. The maximum atomic E-state index is 13.6. The lowest BCUT2D eigenvalue weighted by Gasteiger charge is -2.10. The third-order valence-corrected chi connectivity index (χ3v) is 3.16. The van der Waals surface area contributed by atoms with E-state index in [2.05, 4.69) is 5.32 Å². The van der Waals surface area contributed by atoms with Crippen LogP contribution in [0.25, 0.3) is 0 Å². The molecule has 1 N–H and O–H groups in total. The third kappa shape index (κ3) is 4.71. The van der Waals surface area contributed by atoms with E-state index in [-0.39, 0.29) is 23.3 Å². The molecule has 0 spiro atoms. The van der Waals surface area contributed by atoms with Crippen LogP contribution in [0, 0.1) is 5.82 Å². The van der Waals surface area contributed by atoms with Crippen LogP contribution < -0.4 is 14.8 Å². The summed E-state index contributed by atoms with van der Waals surface area (Å²) in [6, 6.07) is 11.6. The normalized spacial score (nSPS) is 10.5. The largest absolute Gasteiger partial charge is 0.494 e. The molecule has 0 aliphatic rings. The first-order valence-electron chi connectivity index (χ1n) is 7.37. The number of amides is 1. The lowest BCUT2D eigenvalue weighted by atomic mass is 10.1. The van der Waals surface area contributed by atoms with Crippen molar-refractivity contribution in [3.05, 3.63) is 59.4 Å². The van der Waals surface area contributed by atoms with Crippen molar-refractivity contribution >= 4 is 5.91 Å². The van der Waals surface area contributed by atoms with Gasteiger partial charge in [0.15, 0.2) is 11.6 Å². The number of nitrogens with one attached hydrogen (secondary N) is 1. The first-order chi connectivity index (χ1) is 11.0. The molecule has 122 valence electrons. The highest BCUT2D eigenvalue weighted by atomic mass is 19.1. The van der Waals surface area contributed by atoms with Gasteiger partial charge in [-0.2, -0.15) is 0 Å². The zero-order chi connectivity index (χ0) is 16.8. The fourth-order valence-electron chi connectivity index (χ4n) is 2.05. The number of halogens is 1. The standard InChI is InChI=1S/C18H20FNO3/c1-12(2)23-15-7-4-13(5-8-15)11-20-18(21)14-6-9-17(22-3)16(19)10-14/h4-10,12H,11H2,1-3H3,(H,20,21). The van der Waals surface area contributed by atoms with Crippen LogP contribution in [0.15, 0.2) is 42.5 Å². The molecule has 0 radical (unpaired) electrons. The molecular weight excluding hydrogens is 297 g/mol. The van der Waals surface area contributed by atoms with Crippen LogP contribution in [0.4, 0.5) is 4.39 Å². The highest BCUT2D eigenvalue weighted by molar-refractivity contribution is 5.94. The Bertz CT molecular complexity index is 668. The highest BCUT2D eigenvalue weighted by Crippen LogP contribution is 2.18. The molecule has 0 atom stereocenters. The molecule has 0 heterocycles. The summed E-state index contributed by atoms with van der Waals surface area (Å²) in [5.74, 6) is -0.000935. The summed E-state index contributed by atoms with van der Waals surface area (Å²) in [7, 11) is 1.38. The van der Waals surface area contributed by atoms with Gasteiger partial charge in [0.1, 0.15) is 5.75 Å². The Morgan fingerprint density at radius 2 is 1.87 bits per heavy atom. The average Bonchev–Trinajstić information content (AvgIpc) is 2.53. The zero-order valence-corrected chi connectivity index (χ0v) is 13.4. The Balaban J connectivity index is 1.95. The summed E-state index contributed by atoms with van der Waals surface area (Å²) in [5.41, 5.74) is 1.19. The van der Waals surface area contributed by atoms with Crippen LogP contribution in [0.2, 0.25) is 0 Å². The van der Waals surface area contributed by atoms with E-state index in [4.69, 9.17) is 9.47 Å². The second kappa shape index (κ2) is 7.63. The van der Waals surface area contributed by atoms with E-state index in [0.717, 1.165) is 17.4 Å². The minimum Gasteiger partial charge on any atom is -0.494 e. The summed E-state index contributed by atoms with van der Waals surface area (Å²) < 4.78 is 24.0. The van der Waals surface area contributed by atoms with Gasteiger partial charge in [-0.15, -0.1) is 0 Å². The fourth-order valence-corrected chi connectivity index (χ4v) is 2.05. The molecule has 2 rings (SSSR count). The number of carbonyl (C=O) groups excluding carboxylic acids is 1. The molecule has 0 saturated heterocycles. The van der Waals surface area contributed by atoms with Crippen molar-refractivity contribution in [1.29, 1.82) is 0 Å². The Hall–Kier alpha value is -2.56. The monoisotopic (exact) mass is 317 g/mol. The van der Waals surface area contributed by atoms with Crippen LogP contribution in [-0.2, 0) is 6.54 Å². The highest BCUT2D eigenvalue weighted by Gasteiger charge is 2.10. The van der Waals surface area contributed by atoms with Crippen molar-refractivity contribution in [2.45, 2.75) is 26.5 Å². The molecular formula is C18H20FNO3. The quantitative estimate of drug-likeness (QED) is 0.886. The molecule has 0 fully saturated rings. The molecule has 0 unspecified atom stereocenters. The van der Waals surface area contributed by atoms with Crippen molar-refractivity contribution in [1.82, 2.24) is 5.32 Å². The minimum atomic E-state index is -0.560. The first kappa shape index (κ1) is 16.8. The topological polar surface area (TPSA) is 47.6 Å². The van der Waals surface area contributed by atoms with Crippen LogP contribution >= 0.6 is 0 Å². The van der Waals surface area contributed by atoms with Gasteiger partial charge in [0.25, 0.3) is 5.91 Å². The first-order valence-corrected chi connectivity index (χ1v) is 7.37. The average molecular weight is 317 g/mol.